The Hall–Kier alpha value is -3.60. The zero-order valence-electron chi connectivity index (χ0n) is 16.7. The van der Waals surface area contributed by atoms with Gasteiger partial charge in [-0.2, -0.15) is 9.78 Å². The summed E-state index contributed by atoms with van der Waals surface area (Å²) in [7, 11) is 0. The summed E-state index contributed by atoms with van der Waals surface area (Å²) in [5, 5.41) is 19.6. The van der Waals surface area contributed by atoms with Gasteiger partial charge in [0.1, 0.15) is 5.69 Å². The van der Waals surface area contributed by atoms with E-state index in [9.17, 15) is 4.79 Å². The van der Waals surface area contributed by atoms with Gasteiger partial charge in [0.05, 0.1) is 6.21 Å². The molecule has 0 atom stereocenters. The first kappa shape index (κ1) is 19.7. The van der Waals surface area contributed by atoms with Crippen LogP contribution in [-0.4, -0.2) is 55.4 Å². The van der Waals surface area contributed by atoms with Crippen molar-refractivity contribution in [3.63, 3.8) is 0 Å². The Morgan fingerprint density at radius 3 is 2.70 bits per heavy atom. The summed E-state index contributed by atoms with van der Waals surface area (Å²) in [6, 6.07) is 7.78. The maximum atomic E-state index is 13.0. The quantitative estimate of drug-likeness (QED) is 0.458. The van der Waals surface area contributed by atoms with E-state index in [2.05, 4.69) is 40.7 Å². The topological polar surface area (TPSA) is 140 Å². The number of carbonyl (C=O) groups is 1. The maximum absolute atomic E-state index is 13.0. The number of amides is 1. The van der Waals surface area contributed by atoms with Crippen LogP contribution in [0, 0.1) is 6.92 Å². The molecule has 1 fully saturated rings. The van der Waals surface area contributed by atoms with E-state index >= 15 is 0 Å². The fourth-order valence-corrected chi connectivity index (χ4v) is 3.33. The first-order valence-corrected chi connectivity index (χ1v) is 9.77. The molecule has 4 rings (SSSR count). The lowest BCUT2D eigenvalue weighted by atomic mass is 10.1. The van der Waals surface area contributed by atoms with Crippen LogP contribution in [0.4, 0.5) is 5.82 Å². The van der Waals surface area contributed by atoms with Crippen molar-refractivity contribution < 1.29 is 9.42 Å². The molecular formula is C19H23N9O2. The van der Waals surface area contributed by atoms with Gasteiger partial charge in [0.2, 0.25) is 11.6 Å². The van der Waals surface area contributed by atoms with E-state index in [4.69, 9.17) is 5.73 Å². The summed E-state index contributed by atoms with van der Waals surface area (Å²) in [5.41, 5.74) is 11.1. The Kier molecular flexibility index (Phi) is 5.80. The van der Waals surface area contributed by atoms with Crippen LogP contribution < -0.4 is 11.2 Å². The van der Waals surface area contributed by atoms with Crippen LogP contribution in [-0.2, 0) is 6.54 Å². The average Bonchev–Trinajstić information content (AvgIpc) is 3.36. The second-order valence-electron chi connectivity index (χ2n) is 7.22. The summed E-state index contributed by atoms with van der Waals surface area (Å²) in [4.78, 5) is 15.2. The van der Waals surface area contributed by atoms with Gasteiger partial charge in [-0.15, -0.1) is 5.10 Å². The van der Waals surface area contributed by atoms with Crippen LogP contribution >= 0.6 is 0 Å². The molecule has 11 nitrogen and oxygen atoms in total. The van der Waals surface area contributed by atoms with E-state index in [1.807, 2.05) is 31.2 Å². The van der Waals surface area contributed by atoms with Crippen molar-refractivity contribution in [2.75, 3.05) is 18.8 Å². The van der Waals surface area contributed by atoms with Crippen LogP contribution in [0.25, 0.3) is 5.82 Å². The summed E-state index contributed by atoms with van der Waals surface area (Å²) >= 11 is 0. The Labute approximate surface area is 172 Å². The van der Waals surface area contributed by atoms with Crippen molar-refractivity contribution in [2.24, 2.45) is 5.10 Å². The number of nitrogen functional groups attached to an aromatic ring is 1. The van der Waals surface area contributed by atoms with E-state index in [0.717, 1.165) is 37.1 Å². The maximum Gasteiger partial charge on any atom is 0.292 e. The zero-order chi connectivity index (χ0) is 20.9. The number of benzene rings is 1. The minimum atomic E-state index is -0.474. The van der Waals surface area contributed by atoms with Gasteiger partial charge in [0.15, 0.2) is 5.69 Å². The van der Waals surface area contributed by atoms with E-state index in [0.29, 0.717) is 12.2 Å². The number of rotatable bonds is 6. The number of nitrogens with one attached hydrogen (secondary N) is 1. The number of hydrogen-bond acceptors (Lipinski definition) is 9. The van der Waals surface area contributed by atoms with E-state index in [1.165, 1.54) is 11.1 Å². The molecule has 0 saturated carbocycles. The number of piperidine rings is 1. The van der Waals surface area contributed by atoms with Crippen LogP contribution in [0.3, 0.4) is 0 Å². The van der Waals surface area contributed by atoms with Crippen LogP contribution in [0.1, 0.15) is 46.6 Å². The van der Waals surface area contributed by atoms with E-state index in [1.54, 1.807) is 6.21 Å². The third-order valence-corrected chi connectivity index (χ3v) is 4.93. The van der Waals surface area contributed by atoms with Crippen LogP contribution in [0.2, 0.25) is 0 Å². The molecule has 0 unspecified atom stereocenters. The highest BCUT2D eigenvalue weighted by atomic mass is 16.6. The van der Waals surface area contributed by atoms with Crippen molar-refractivity contribution in [1.82, 2.24) is 35.6 Å². The predicted molar refractivity (Wildman–Crippen MR) is 109 cm³/mol. The molecule has 1 aliphatic heterocycles. The van der Waals surface area contributed by atoms with Gasteiger partial charge < -0.3 is 5.73 Å². The molecule has 1 amide bonds. The Morgan fingerprint density at radius 2 is 2.00 bits per heavy atom. The van der Waals surface area contributed by atoms with Gasteiger partial charge in [-0.05, 0) is 48.7 Å². The number of nitrogens with zero attached hydrogens (tertiary/aromatic N) is 7. The zero-order valence-corrected chi connectivity index (χ0v) is 16.7. The summed E-state index contributed by atoms with van der Waals surface area (Å²) in [5.74, 6) is -0.348. The molecule has 11 heteroatoms. The standard InChI is InChI=1S/C19H23N9O2/c1-13-5-7-14(8-6-13)11-21-23-19(29)16-15(12-27-9-3-2-4-10-27)22-26-28(16)18-17(20)24-30-25-18/h5-8,11H,2-4,9-10,12H2,1H3,(H2,20,24)(H,23,29)/b21-11+. The average molecular weight is 409 g/mol. The number of hydrogen-bond donors (Lipinski definition) is 2. The summed E-state index contributed by atoms with van der Waals surface area (Å²) in [6.07, 6.45) is 5.03. The molecule has 3 heterocycles. The number of carbonyl (C=O) groups excluding carboxylic acids is 1. The van der Waals surface area contributed by atoms with Crippen LogP contribution in [0.5, 0.6) is 0 Å². The second-order valence-corrected chi connectivity index (χ2v) is 7.22. The number of anilines is 1. The highest BCUT2D eigenvalue weighted by Crippen LogP contribution is 2.19. The van der Waals surface area contributed by atoms with Crippen molar-refractivity contribution in [1.29, 1.82) is 0 Å². The van der Waals surface area contributed by atoms with Crippen molar-refractivity contribution in [3.05, 3.63) is 46.8 Å². The molecule has 0 radical (unpaired) electrons. The lowest BCUT2D eigenvalue weighted by Gasteiger charge is -2.25. The first-order chi connectivity index (χ1) is 14.6. The highest BCUT2D eigenvalue weighted by molar-refractivity contribution is 5.95. The van der Waals surface area contributed by atoms with Crippen molar-refractivity contribution in [3.8, 4) is 5.82 Å². The number of likely N-dealkylation sites (tertiary alicyclic amines) is 1. The minimum absolute atomic E-state index is 0.0154. The number of hydrazone groups is 1. The minimum Gasteiger partial charge on any atom is -0.378 e. The molecule has 1 aliphatic rings. The molecule has 2 aromatic heterocycles. The van der Waals surface area contributed by atoms with Gasteiger partial charge in [-0.1, -0.05) is 41.5 Å². The molecule has 0 aliphatic carbocycles. The molecule has 0 bridgehead atoms. The molecular weight excluding hydrogens is 386 g/mol. The fourth-order valence-electron chi connectivity index (χ4n) is 3.33. The van der Waals surface area contributed by atoms with Gasteiger partial charge in [0, 0.05) is 6.54 Å². The first-order valence-electron chi connectivity index (χ1n) is 9.77. The second kappa shape index (κ2) is 8.82. The fraction of sp³-hybridized carbons (Fsp3) is 0.368. The normalized spacial score (nSPS) is 15.0. The van der Waals surface area contributed by atoms with Gasteiger partial charge in [0.25, 0.3) is 5.91 Å². The lowest BCUT2D eigenvalue weighted by molar-refractivity contribution is 0.0944. The summed E-state index contributed by atoms with van der Waals surface area (Å²) < 4.78 is 5.89. The molecule has 156 valence electrons. The Bertz CT molecular complexity index is 1030. The third kappa shape index (κ3) is 4.35. The third-order valence-electron chi connectivity index (χ3n) is 4.93. The van der Waals surface area contributed by atoms with Gasteiger partial charge in [-0.3, -0.25) is 9.69 Å². The highest BCUT2D eigenvalue weighted by Gasteiger charge is 2.26. The number of nitrogens with two attached hydrogens (primary N) is 1. The van der Waals surface area contributed by atoms with Crippen LogP contribution in [0.15, 0.2) is 34.0 Å². The molecule has 1 aromatic carbocycles. The van der Waals surface area contributed by atoms with E-state index < -0.39 is 5.91 Å². The Morgan fingerprint density at radius 1 is 1.23 bits per heavy atom. The monoisotopic (exact) mass is 409 g/mol. The largest absolute Gasteiger partial charge is 0.378 e. The molecule has 30 heavy (non-hydrogen) atoms. The molecule has 3 N–H and O–H groups in total. The summed E-state index contributed by atoms with van der Waals surface area (Å²) in [6.45, 7) is 4.40. The molecule has 3 aromatic rings. The number of aryl methyl sites for hydroxylation is 1. The van der Waals surface area contributed by atoms with Gasteiger partial charge >= 0.3 is 0 Å². The molecule has 1 saturated heterocycles. The smallest absolute Gasteiger partial charge is 0.292 e. The van der Waals surface area contributed by atoms with Gasteiger partial charge in [-0.25, -0.2) is 10.1 Å². The van der Waals surface area contributed by atoms with E-state index in [-0.39, 0.29) is 17.3 Å². The molecule has 0 spiro atoms. The number of aromatic nitrogens is 5. The SMILES string of the molecule is Cc1ccc(/C=N/NC(=O)c2c(CN3CCCCC3)nnn2-c2nonc2N)cc1. The van der Waals surface area contributed by atoms with Crippen molar-refractivity contribution >= 4 is 17.9 Å². The Balaban J connectivity index is 1.58. The van der Waals surface area contributed by atoms with Crippen molar-refractivity contribution in [2.45, 2.75) is 32.7 Å². The lowest BCUT2D eigenvalue weighted by Crippen LogP contribution is -2.31. The predicted octanol–water partition coefficient (Wildman–Crippen LogP) is 1.29.